The summed E-state index contributed by atoms with van der Waals surface area (Å²) in [5, 5.41) is 21.9. The van der Waals surface area contributed by atoms with Gasteiger partial charge >= 0.3 is 5.97 Å². The number of carbonyl (C=O) groups excluding carboxylic acids is 1. The van der Waals surface area contributed by atoms with E-state index >= 15 is 0 Å². The van der Waals surface area contributed by atoms with E-state index < -0.39 is 12.2 Å². The number of allylic oxidation sites excluding steroid dienone is 2. The minimum absolute atomic E-state index is 0.00231. The summed E-state index contributed by atoms with van der Waals surface area (Å²) in [6, 6.07) is 0. The van der Waals surface area contributed by atoms with Crippen LogP contribution in [0.2, 0.25) is 0 Å². The maximum Gasteiger partial charge on any atom is 0.312 e. The summed E-state index contributed by atoms with van der Waals surface area (Å²) in [5.74, 6) is 2.27. The summed E-state index contributed by atoms with van der Waals surface area (Å²) < 4.78 is 5.88. The highest BCUT2D eigenvalue weighted by molar-refractivity contribution is 5.79. The fraction of sp³-hybridized carbons (Fsp3) is 0.900. The average molecular weight is 471 g/mol. The molecule has 0 aromatic heterocycles. The first-order valence-electron chi connectivity index (χ1n) is 14.1. The van der Waals surface area contributed by atoms with Crippen LogP contribution in [-0.2, 0) is 9.53 Å². The second kappa shape index (κ2) is 6.91. The molecule has 7 aliphatic rings. The van der Waals surface area contributed by atoms with E-state index in [1.807, 2.05) is 0 Å². The van der Waals surface area contributed by atoms with Gasteiger partial charge in [-0.3, -0.25) is 4.79 Å². The number of hydrogen-bond acceptors (Lipinski definition) is 4. The molecule has 0 aromatic carbocycles. The largest absolute Gasteiger partial charge is 0.465 e. The molecular weight excluding hydrogens is 424 g/mol. The molecule has 2 aliphatic heterocycles. The van der Waals surface area contributed by atoms with Crippen molar-refractivity contribution in [1.29, 1.82) is 0 Å². The Labute approximate surface area is 205 Å². The molecule has 2 bridgehead atoms. The molecule has 2 heterocycles. The van der Waals surface area contributed by atoms with Crippen molar-refractivity contribution in [3.63, 3.8) is 0 Å². The van der Waals surface area contributed by atoms with Gasteiger partial charge in [0.25, 0.3) is 0 Å². The maximum absolute atomic E-state index is 13.4. The van der Waals surface area contributed by atoms with Crippen LogP contribution < -0.4 is 0 Å². The van der Waals surface area contributed by atoms with Gasteiger partial charge in [-0.05, 0) is 103 Å². The Kier molecular flexibility index (Phi) is 4.78. The van der Waals surface area contributed by atoms with E-state index in [9.17, 15) is 15.0 Å². The zero-order valence-electron chi connectivity index (χ0n) is 22.2. The first kappa shape index (κ1) is 23.5. The van der Waals surface area contributed by atoms with E-state index in [1.54, 1.807) is 5.57 Å². The number of rotatable bonds is 0. The molecule has 5 aliphatic carbocycles. The Bertz CT molecular complexity index is 938. The number of ether oxygens (including phenoxy) is 1. The number of aliphatic hydroxyl groups is 2. The highest BCUT2D eigenvalue weighted by atomic mass is 16.5. The Morgan fingerprint density at radius 3 is 2.44 bits per heavy atom. The summed E-state index contributed by atoms with van der Waals surface area (Å²) in [6.45, 7) is 14.9. The van der Waals surface area contributed by atoms with Crippen molar-refractivity contribution in [3.8, 4) is 0 Å². The zero-order chi connectivity index (χ0) is 24.5. The molecule has 7 rings (SSSR count). The lowest BCUT2D eigenvalue weighted by atomic mass is 9.33. The maximum atomic E-state index is 13.4. The van der Waals surface area contributed by atoms with Crippen LogP contribution in [0.4, 0.5) is 0 Å². The molecule has 34 heavy (non-hydrogen) atoms. The summed E-state index contributed by atoms with van der Waals surface area (Å²) in [5.41, 5.74) is 1.19. The van der Waals surface area contributed by atoms with Gasteiger partial charge in [0.15, 0.2) is 0 Å². The van der Waals surface area contributed by atoms with Crippen molar-refractivity contribution in [2.24, 2.45) is 56.7 Å². The van der Waals surface area contributed by atoms with Crippen molar-refractivity contribution < 1.29 is 19.7 Å². The van der Waals surface area contributed by atoms with Crippen LogP contribution in [0, 0.1) is 56.7 Å². The number of fused-ring (bicyclic) bond motifs is 8. The van der Waals surface area contributed by atoms with Crippen molar-refractivity contribution >= 4 is 5.97 Å². The smallest absolute Gasteiger partial charge is 0.312 e. The van der Waals surface area contributed by atoms with E-state index in [1.165, 1.54) is 6.42 Å². The topological polar surface area (TPSA) is 66.8 Å². The van der Waals surface area contributed by atoms with Gasteiger partial charge in [0.05, 0.1) is 24.2 Å². The standard InChI is InChI=1S/C30H46O4/c1-17-18-9-12-30(25(33)34-16-18)14-13-28(5)19(23(17)30)7-8-22-27(4)15-20(31)24(32)26(2,3)21(27)10-11-29(22,28)6/h7,17-18,20-24,31-32H,8-16H2,1-6H3. The van der Waals surface area contributed by atoms with Gasteiger partial charge in [-0.1, -0.05) is 53.2 Å². The predicted octanol–water partition coefficient (Wildman–Crippen LogP) is 5.51. The monoisotopic (exact) mass is 470 g/mol. The molecule has 4 saturated carbocycles. The zero-order valence-corrected chi connectivity index (χ0v) is 22.2. The van der Waals surface area contributed by atoms with Crippen LogP contribution in [-0.4, -0.2) is 35.0 Å². The van der Waals surface area contributed by atoms with Gasteiger partial charge in [-0.25, -0.2) is 0 Å². The van der Waals surface area contributed by atoms with E-state index in [4.69, 9.17) is 4.74 Å². The van der Waals surface area contributed by atoms with Gasteiger partial charge in [0, 0.05) is 0 Å². The minimum atomic E-state index is -0.654. The lowest BCUT2D eigenvalue weighted by Crippen LogP contribution is -2.67. The van der Waals surface area contributed by atoms with Crippen LogP contribution in [0.15, 0.2) is 11.6 Å². The molecule has 0 amide bonds. The van der Waals surface area contributed by atoms with Gasteiger partial charge in [0.2, 0.25) is 0 Å². The molecule has 11 unspecified atom stereocenters. The molecule has 190 valence electrons. The Hall–Kier alpha value is -0.870. The first-order chi connectivity index (χ1) is 15.8. The van der Waals surface area contributed by atoms with Crippen molar-refractivity contribution in [1.82, 2.24) is 0 Å². The summed E-state index contributed by atoms with van der Waals surface area (Å²) in [6.07, 6.45) is 9.41. The fourth-order valence-electron chi connectivity index (χ4n) is 11.4. The summed E-state index contributed by atoms with van der Waals surface area (Å²) >= 11 is 0. The van der Waals surface area contributed by atoms with Gasteiger partial charge in [-0.2, -0.15) is 0 Å². The van der Waals surface area contributed by atoms with Crippen molar-refractivity contribution in [2.75, 3.05) is 6.61 Å². The van der Waals surface area contributed by atoms with Crippen LogP contribution in [0.25, 0.3) is 0 Å². The highest BCUT2D eigenvalue weighted by Crippen LogP contribution is 2.76. The third kappa shape index (κ3) is 2.51. The molecule has 6 fully saturated rings. The SMILES string of the molecule is CC1C2CCC3(CCC4(C)C(=CCC5C6(C)CC(O)C(O)C(C)(C)C6CCC54C)C13)C(=O)OC2. The quantitative estimate of drug-likeness (QED) is 0.362. The Morgan fingerprint density at radius 1 is 0.971 bits per heavy atom. The third-order valence-electron chi connectivity index (χ3n) is 13.5. The molecule has 4 nitrogen and oxygen atoms in total. The van der Waals surface area contributed by atoms with Crippen LogP contribution in [0.1, 0.15) is 92.9 Å². The molecule has 2 N–H and O–H groups in total. The molecule has 0 aromatic rings. The minimum Gasteiger partial charge on any atom is -0.465 e. The van der Waals surface area contributed by atoms with Crippen molar-refractivity contribution in [2.45, 2.75) is 105 Å². The van der Waals surface area contributed by atoms with Gasteiger partial charge in [0.1, 0.15) is 0 Å². The Morgan fingerprint density at radius 2 is 1.71 bits per heavy atom. The second-order valence-electron chi connectivity index (χ2n) is 14.7. The molecule has 1 spiro atoms. The second-order valence-corrected chi connectivity index (χ2v) is 14.7. The van der Waals surface area contributed by atoms with Gasteiger partial charge in [-0.15, -0.1) is 0 Å². The molecule has 11 atom stereocenters. The van der Waals surface area contributed by atoms with E-state index in [0.29, 0.717) is 42.6 Å². The summed E-state index contributed by atoms with van der Waals surface area (Å²) in [7, 11) is 0. The normalized spacial score (nSPS) is 57.8. The number of hydrogen-bond donors (Lipinski definition) is 2. The lowest BCUT2D eigenvalue weighted by molar-refractivity contribution is -0.231. The van der Waals surface area contributed by atoms with E-state index in [0.717, 1.165) is 38.5 Å². The number of carbonyl (C=O) groups is 1. The molecule has 4 heteroatoms. The highest BCUT2D eigenvalue weighted by Gasteiger charge is 2.71. The number of aliphatic hydroxyl groups excluding tert-OH is 2. The predicted molar refractivity (Wildman–Crippen MR) is 132 cm³/mol. The summed E-state index contributed by atoms with van der Waals surface area (Å²) in [4.78, 5) is 13.4. The van der Waals surface area contributed by atoms with E-state index in [2.05, 4.69) is 47.6 Å². The Balaban J connectivity index is 1.46. The van der Waals surface area contributed by atoms with Gasteiger partial charge < -0.3 is 14.9 Å². The first-order valence-corrected chi connectivity index (χ1v) is 14.1. The molecule has 0 radical (unpaired) electrons. The lowest BCUT2D eigenvalue weighted by Gasteiger charge is -2.71. The van der Waals surface area contributed by atoms with Crippen molar-refractivity contribution in [3.05, 3.63) is 11.6 Å². The molecular formula is C30H46O4. The average Bonchev–Trinajstić information content (AvgIpc) is 2.98. The van der Waals surface area contributed by atoms with E-state index in [-0.39, 0.29) is 33.0 Å². The van der Waals surface area contributed by atoms with Crippen LogP contribution >= 0.6 is 0 Å². The fourth-order valence-corrected chi connectivity index (χ4v) is 11.4. The third-order valence-corrected chi connectivity index (χ3v) is 13.5. The van der Waals surface area contributed by atoms with Crippen LogP contribution in [0.3, 0.4) is 0 Å². The number of esters is 1. The van der Waals surface area contributed by atoms with Crippen LogP contribution in [0.5, 0.6) is 0 Å². The molecule has 2 saturated heterocycles.